The molecule has 1 aromatic rings. The van der Waals surface area contributed by atoms with Crippen LogP contribution in [-0.2, 0) is 6.42 Å². The minimum absolute atomic E-state index is 0. The van der Waals surface area contributed by atoms with Crippen molar-refractivity contribution in [3.8, 4) is 11.5 Å². The summed E-state index contributed by atoms with van der Waals surface area (Å²) < 4.78 is 10.9. The van der Waals surface area contributed by atoms with Crippen molar-refractivity contribution in [3.63, 3.8) is 0 Å². The first-order chi connectivity index (χ1) is 8.28. The highest BCUT2D eigenvalue weighted by molar-refractivity contribution is 8.00. The van der Waals surface area contributed by atoms with E-state index >= 15 is 0 Å². The lowest BCUT2D eigenvalue weighted by Crippen LogP contribution is -2.05. The molecular weight excluding hydrogens is 270 g/mol. The van der Waals surface area contributed by atoms with E-state index in [0.29, 0.717) is 6.54 Å². The van der Waals surface area contributed by atoms with Gasteiger partial charge in [-0.2, -0.15) is 0 Å². The lowest BCUT2D eigenvalue weighted by atomic mass is 10.1. The molecule has 0 bridgehead atoms. The fourth-order valence-corrected chi connectivity index (χ4v) is 2.91. The van der Waals surface area contributed by atoms with E-state index in [4.69, 9.17) is 15.2 Å². The second kappa shape index (κ2) is 7.12. The molecule has 0 radical (unpaired) electrons. The number of thioether (sulfide) groups is 1. The van der Waals surface area contributed by atoms with E-state index in [1.165, 1.54) is 17.7 Å². The molecule has 0 spiro atoms. The van der Waals surface area contributed by atoms with Crippen LogP contribution in [0.2, 0.25) is 0 Å². The molecule has 0 unspecified atom stereocenters. The van der Waals surface area contributed by atoms with E-state index in [1.54, 1.807) is 14.2 Å². The SMILES string of the molecule is COc1cc(SC2CC2)c(OC)cc1CCN.Cl. The molecule has 102 valence electrons. The van der Waals surface area contributed by atoms with Gasteiger partial charge in [0.05, 0.1) is 19.1 Å². The second-order valence-electron chi connectivity index (χ2n) is 4.17. The van der Waals surface area contributed by atoms with Gasteiger partial charge in [0.2, 0.25) is 0 Å². The van der Waals surface area contributed by atoms with E-state index in [-0.39, 0.29) is 12.4 Å². The number of rotatable bonds is 6. The van der Waals surface area contributed by atoms with Crippen molar-refractivity contribution >= 4 is 24.2 Å². The van der Waals surface area contributed by atoms with Crippen molar-refractivity contribution in [2.45, 2.75) is 29.4 Å². The van der Waals surface area contributed by atoms with E-state index in [9.17, 15) is 0 Å². The number of halogens is 1. The van der Waals surface area contributed by atoms with Gasteiger partial charge in [-0.1, -0.05) is 0 Å². The number of ether oxygens (including phenoxy) is 2. The Bertz CT molecular complexity index is 397. The summed E-state index contributed by atoms with van der Waals surface area (Å²) in [7, 11) is 3.42. The molecule has 0 aliphatic heterocycles. The summed E-state index contributed by atoms with van der Waals surface area (Å²) in [6.45, 7) is 0.620. The molecule has 18 heavy (non-hydrogen) atoms. The van der Waals surface area contributed by atoms with Gasteiger partial charge < -0.3 is 15.2 Å². The van der Waals surface area contributed by atoms with Crippen LogP contribution in [0.1, 0.15) is 18.4 Å². The maximum absolute atomic E-state index is 5.60. The molecule has 0 heterocycles. The van der Waals surface area contributed by atoms with Crippen LogP contribution in [0.5, 0.6) is 11.5 Å². The molecule has 2 rings (SSSR count). The number of hydrogen-bond acceptors (Lipinski definition) is 4. The fraction of sp³-hybridized carbons (Fsp3) is 0.538. The molecule has 1 fully saturated rings. The predicted octanol–water partition coefficient (Wildman–Crippen LogP) is 2.88. The van der Waals surface area contributed by atoms with Gasteiger partial charge in [0.15, 0.2) is 0 Å². The first kappa shape index (κ1) is 15.5. The molecule has 5 heteroatoms. The van der Waals surface area contributed by atoms with Crippen LogP contribution >= 0.6 is 24.2 Å². The van der Waals surface area contributed by atoms with Gasteiger partial charge in [-0.15, -0.1) is 24.2 Å². The zero-order chi connectivity index (χ0) is 12.3. The number of benzene rings is 1. The molecule has 1 aromatic carbocycles. The quantitative estimate of drug-likeness (QED) is 0.875. The lowest BCUT2D eigenvalue weighted by Gasteiger charge is -2.14. The van der Waals surface area contributed by atoms with Crippen LogP contribution in [0.3, 0.4) is 0 Å². The Morgan fingerprint density at radius 2 is 1.89 bits per heavy atom. The Labute approximate surface area is 119 Å². The van der Waals surface area contributed by atoms with E-state index < -0.39 is 0 Å². The molecule has 0 aromatic heterocycles. The second-order valence-corrected chi connectivity index (χ2v) is 5.51. The van der Waals surface area contributed by atoms with Crippen molar-refractivity contribution in [1.29, 1.82) is 0 Å². The molecule has 2 N–H and O–H groups in total. The summed E-state index contributed by atoms with van der Waals surface area (Å²) in [5, 5.41) is 0.758. The van der Waals surface area contributed by atoms with Crippen molar-refractivity contribution in [1.82, 2.24) is 0 Å². The van der Waals surface area contributed by atoms with Gasteiger partial charge in [-0.05, 0) is 43.5 Å². The monoisotopic (exact) mass is 289 g/mol. The number of methoxy groups -OCH3 is 2. The summed E-state index contributed by atoms with van der Waals surface area (Å²) in [6.07, 6.45) is 3.43. The Hall–Kier alpha value is -0.580. The highest BCUT2D eigenvalue weighted by atomic mass is 35.5. The maximum Gasteiger partial charge on any atom is 0.132 e. The van der Waals surface area contributed by atoms with Gasteiger partial charge in [0.25, 0.3) is 0 Å². The summed E-state index contributed by atoms with van der Waals surface area (Å²) in [4.78, 5) is 1.17. The van der Waals surface area contributed by atoms with Gasteiger partial charge in [-0.3, -0.25) is 0 Å². The van der Waals surface area contributed by atoms with Gasteiger partial charge >= 0.3 is 0 Å². The average molecular weight is 290 g/mol. The fourth-order valence-electron chi connectivity index (χ4n) is 1.74. The largest absolute Gasteiger partial charge is 0.496 e. The van der Waals surface area contributed by atoms with E-state index in [1.807, 2.05) is 11.8 Å². The maximum atomic E-state index is 5.60. The van der Waals surface area contributed by atoms with Crippen LogP contribution in [0, 0.1) is 0 Å². The van der Waals surface area contributed by atoms with Crippen molar-refractivity contribution in [2.24, 2.45) is 5.73 Å². The molecule has 0 saturated heterocycles. The molecule has 0 atom stereocenters. The number of nitrogens with two attached hydrogens (primary N) is 1. The Morgan fingerprint density at radius 1 is 1.22 bits per heavy atom. The third kappa shape index (κ3) is 3.70. The summed E-state index contributed by atoms with van der Waals surface area (Å²) in [5.41, 5.74) is 6.72. The first-order valence-electron chi connectivity index (χ1n) is 5.90. The molecule has 1 aliphatic carbocycles. The normalized spacial score (nSPS) is 13.9. The standard InChI is InChI=1S/C13H19NO2S.ClH/c1-15-11-8-13(17-10-3-4-10)12(16-2)7-9(11)5-6-14;/h7-8,10H,3-6,14H2,1-2H3;1H. The molecule has 1 aliphatic rings. The summed E-state index contributed by atoms with van der Waals surface area (Å²) in [6, 6.07) is 4.13. The van der Waals surface area contributed by atoms with Crippen molar-refractivity contribution in [2.75, 3.05) is 20.8 Å². The molecule has 0 amide bonds. The van der Waals surface area contributed by atoms with Crippen LogP contribution in [-0.4, -0.2) is 26.0 Å². The zero-order valence-electron chi connectivity index (χ0n) is 10.8. The van der Waals surface area contributed by atoms with Crippen LogP contribution in [0.4, 0.5) is 0 Å². The first-order valence-corrected chi connectivity index (χ1v) is 6.78. The molecule has 1 saturated carbocycles. The number of hydrogen-bond donors (Lipinski definition) is 1. The topological polar surface area (TPSA) is 44.5 Å². The average Bonchev–Trinajstić information content (AvgIpc) is 3.14. The minimum Gasteiger partial charge on any atom is -0.496 e. The van der Waals surface area contributed by atoms with Gasteiger partial charge in [0.1, 0.15) is 11.5 Å². The Balaban J connectivity index is 0.00000162. The van der Waals surface area contributed by atoms with Crippen molar-refractivity contribution in [3.05, 3.63) is 17.7 Å². The Morgan fingerprint density at radius 3 is 2.39 bits per heavy atom. The smallest absolute Gasteiger partial charge is 0.132 e. The molecule has 3 nitrogen and oxygen atoms in total. The third-order valence-electron chi connectivity index (χ3n) is 2.80. The third-order valence-corrected chi connectivity index (χ3v) is 4.18. The predicted molar refractivity (Wildman–Crippen MR) is 78.4 cm³/mol. The summed E-state index contributed by atoms with van der Waals surface area (Å²) >= 11 is 1.88. The lowest BCUT2D eigenvalue weighted by molar-refractivity contribution is 0.390. The minimum atomic E-state index is 0. The van der Waals surface area contributed by atoms with E-state index in [0.717, 1.165) is 28.7 Å². The highest BCUT2D eigenvalue weighted by Gasteiger charge is 2.24. The van der Waals surface area contributed by atoms with Crippen LogP contribution < -0.4 is 15.2 Å². The van der Waals surface area contributed by atoms with Gasteiger partial charge in [-0.25, -0.2) is 0 Å². The van der Waals surface area contributed by atoms with Crippen molar-refractivity contribution < 1.29 is 9.47 Å². The van der Waals surface area contributed by atoms with Crippen LogP contribution in [0.25, 0.3) is 0 Å². The van der Waals surface area contributed by atoms with E-state index in [2.05, 4.69) is 12.1 Å². The Kier molecular flexibility index (Phi) is 6.12. The molecular formula is C13H20ClNO2S. The van der Waals surface area contributed by atoms with Gasteiger partial charge in [0, 0.05) is 5.25 Å². The highest BCUT2D eigenvalue weighted by Crippen LogP contribution is 2.44. The summed E-state index contributed by atoms with van der Waals surface area (Å²) in [5.74, 6) is 1.85. The van der Waals surface area contributed by atoms with Crippen LogP contribution in [0.15, 0.2) is 17.0 Å². The zero-order valence-corrected chi connectivity index (χ0v) is 12.4.